The van der Waals surface area contributed by atoms with Crippen LogP contribution in [-0.2, 0) is 9.59 Å². The second-order valence-electron chi connectivity index (χ2n) is 9.65. The Kier molecular flexibility index (Phi) is 8.96. The van der Waals surface area contributed by atoms with E-state index in [9.17, 15) is 14.4 Å². The molecule has 0 fully saturated rings. The van der Waals surface area contributed by atoms with Gasteiger partial charge in [0.05, 0.1) is 29.2 Å². The summed E-state index contributed by atoms with van der Waals surface area (Å²) < 4.78 is 5.50. The van der Waals surface area contributed by atoms with E-state index in [0.29, 0.717) is 43.4 Å². The lowest BCUT2D eigenvalue weighted by atomic mass is 10.2. The number of urea groups is 1. The van der Waals surface area contributed by atoms with Gasteiger partial charge in [-0.3, -0.25) is 9.59 Å². The lowest BCUT2D eigenvalue weighted by Gasteiger charge is -2.16. The number of ether oxygens (including phenoxy) is 1. The van der Waals surface area contributed by atoms with E-state index >= 15 is 0 Å². The van der Waals surface area contributed by atoms with Crippen molar-refractivity contribution in [2.45, 2.75) is 18.7 Å². The number of anilines is 4. The molecule has 0 atom stereocenters. The standard InChI is InChI=1S/C32H26Cl2N4O4S/c1-18-7-11-22(12-8-18)38-30(39)28(36-26-15-19(2)9-14-27(26)42-3)29(31(38)40)43-23-6-4-5-21(17-23)35-32(41)37-25-13-10-20(33)16-24(25)34/h4-17,36H,1-3H3,(H2,35,37,41). The predicted molar refractivity (Wildman–Crippen MR) is 173 cm³/mol. The third-order valence-corrected chi connectivity index (χ3v) is 8.06. The van der Waals surface area contributed by atoms with E-state index in [-0.39, 0.29) is 10.6 Å². The Morgan fingerprint density at radius 1 is 0.814 bits per heavy atom. The number of carbonyl (C=O) groups excluding carboxylic acids is 3. The van der Waals surface area contributed by atoms with Crippen molar-refractivity contribution in [2.24, 2.45) is 0 Å². The van der Waals surface area contributed by atoms with Gasteiger partial charge in [0.25, 0.3) is 11.8 Å². The van der Waals surface area contributed by atoms with Crippen molar-refractivity contribution in [1.82, 2.24) is 0 Å². The fourth-order valence-electron chi connectivity index (χ4n) is 4.33. The summed E-state index contributed by atoms with van der Waals surface area (Å²) in [6.07, 6.45) is 0. The van der Waals surface area contributed by atoms with Gasteiger partial charge in [-0.25, -0.2) is 9.69 Å². The van der Waals surface area contributed by atoms with Crippen molar-refractivity contribution < 1.29 is 19.1 Å². The lowest BCUT2D eigenvalue weighted by Crippen LogP contribution is -2.32. The molecule has 4 aromatic rings. The van der Waals surface area contributed by atoms with E-state index in [1.54, 1.807) is 54.6 Å². The number of imide groups is 1. The zero-order valence-corrected chi connectivity index (χ0v) is 25.7. The van der Waals surface area contributed by atoms with Crippen LogP contribution in [0.4, 0.5) is 27.5 Å². The predicted octanol–water partition coefficient (Wildman–Crippen LogP) is 8.25. The summed E-state index contributed by atoms with van der Waals surface area (Å²) >= 11 is 13.2. The minimum absolute atomic E-state index is 0.118. The Morgan fingerprint density at radius 3 is 2.28 bits per heavy atom. The highest BCUT2D eigenvalue weighted by molar-refractivity contribution is 8.04. The van der Waals surface area contributed by atoms with Crippen LogP contribution in [0, 0.1) is 13.8 Å². The molecule has 0 saturated carbocycles. The molecule has 0 spiro atoms. The maximum absolute atomic E-state index is 13.8. The summed E-state index contributed by atoms with van der Waals surface area (Å²) in [4.78, 5) is 42.2. The number of nitrogens with zero attached hydrogens (tertiary/aromatic N) is 1. The molecule has 0 aliphatic carbocycles. The molecule has 0 saturated heterocycles. The number of halogens is 2. The Morgan fingerprint density at radius 2 is 1.56 bits per heavy atom. The molecule has 4 amide bonds. The van der Waals surface area contributed by atoms with Crippen molar-refractivity contribution in [2.75, 3.05) is 28.0 Å². The van der Waals surface area contributed by atoms with Gasteiger partial charge in [0, 0.05) is 15.6 Å². The molecule has 0 unspecified atom stereocenters. The average molecular weight is 634 g/mol. The molecule has 1 heterocycles. The smallest absolute Gasteiger partial charge is 0.323 e. The third-order valence-electron chi connectivity index (χ3n) is 6.44. The highest BCUT2D eigenvalue weighted by atomic mass is 35.5. The second kappa shape index (κ2) is 12.8. The van der Waals surface area contributed by atoms with Crippen LogP contribution in [0.3, 0.4) is 0 Å². The first kappa shape index (κ1) is 30.0. The zero-order valence-electron chi connectivity index (χ0n) is 23.3. The molecular formula is C32H26Cl2N4O4S. The fraction of sp³-hybridized carbons (Fsp3) is 0.0938. The van der Waals surface area contributed by atoms with E-state index in [1.165, 1.54) is 13.2 Å². The van der Waals surface area contributed by atoms with Crippen LogP contribution in [0.2, 0.25) is 10.0 Å². The van der Waals surface area contributed by atoms with Crippen LogP contribution in [0.25, 0.3) is 0 Å². The normalized spacial score (nSPS) is 12.9. The van der Waals surface area contributed by atoms with E-state index in [2.05, 4.69) is 16.0 Å². The summed E-state index contributed by atoms with van der Waals surface area (Å²) in [6, 6.07) is 23.9. The van der Waals surface area contributed by atoms with Crippen LogP contribution in [0.5, 0.6) is 5.75 Å². The highest BCUT2D eigenvalue weighted by Gasteiger charge is 2.40. The molecule has 1 aliphatic heterocycles. The number of amides is 4. The van der Waals surface area contributed by atoms with Gasteiger partial charge in [0.2, 0.25) is 0 Å². The van der Waals surface area contributed by atoms with Gasteiger partial charge in [0.15, 0.2) is 0 Å². The van der Waals surface area contributed by atoms with Gasteiger partial charge in [-0.1, -0.05) is 64.8 Å². The SMILES string of the molecule is COc1ccc(C)cc1NC1=C(Sc2cccc(NC(=O)Nc3ccc(Cl)cc3Cl)c2)C(=O)N(c2ccc(C)cc2)C1=O. The maximum Gasteiger partial charge on any atom is 0.323 e. The van der Waals surface area contributed by atoms with Crippen LogP contribution in [0.1, 0.15) is 11.1 Å². The average Bonchev–Trinajstić information content (AvgIpc) is 3.19. The molecule has 1 aliphatic rings. The molecule has 218 valence electrons. The monoisotopic (exact) mass is 632 g/mol. The van der Waals surface area contributed by atoms with Gasteiger partial charge in [-0.15, -0.1) is 0 Å². The molecule has 0 bridgehead atoms. The van der Waals surface area contributed by atoms with E-state index < -0.39 is 17.8 Å². The highest BCUT2D eigenvalue weighted by Crippen LogP contribution is 2.40. The topological polar surface area (TPSA) is 99.8 Å². The first-order valence-electron chi connectivity index (χ1n) is 13.1. The lowest BCUT2D eigenvalue weighted by molar-refractivity contribution is -0.120. The Balaban J connectivity index is 1.44. The summed E-state index contributed by atoms with van der Waals surface area (Å²) in [7, 11) is 1.54. The minimum atomic E-state index is -0.517. The molecule has 43 heavy (non-hydrogen) atoms. The second-order valence-corrected chi connectivity index (χ2v) is 11.6. The number of rotatable bonds is 8. The number of nitrogens with one attached hydrogen (secondary N) is 3. The van der Waals surface area contributed by atoms with Crippen molar-refractivity contribution in [1.29, 1.82) is 0 Å². The van der Waals surface area contributed by atoms with Crippen molar-refractivity contribution in [3.63, 3.8) is 0 Å². The van der Waals surface area contributed by atoms with Crippen LogP contribution >= 0.6 is 35.0 Å². The summed E-state index contributed by atoms with van der Waals surface area (Å²) in [6.45, 7) is 3.85. The van der Waals surface area contributed by atoms with Crippen molar-refractivity contribution in [3.05, 3.63) is 117 Å². The quantitative estimate of drug-likeness (QED) is 0.169. The van der Waals surface area contributed by atoms with E-state index in [0.717, 1.165) is 27.8 Å². The van der Waals surface area contributed by atoms with Crippen LogP contribution in [0.15, 0.2) is 100 Å². The molecule has 0 radical (unpaired) electrons. The Labute approximate surface area is 263 Å². The van der Waals surface area contributed by atoms with Gasteiger partial charge >= 0.3 is 6.03 Å². The summed E-state index contributed by atoms with van der Waals surface area (Å²) in [5.74, 6) is -0.440. The van der Waals surface area contributed by atoms with Crippen molar-refractivity contribution in [3.8, 4) is 5.75 Å². The van der Waals surface area contributed by atoms with Crippen LogP contribution < -0.4 is 25.6 Å². The maximum atomic E-state index is 13.8. The van der Waals surface area contributed by atoms with Crippen molar-refractivity contribution >= 4 is 75.6 Å². The molecule has 3 N–H and O–H groups in total. The Bertz CT molecular complexity index is 1780. The molecule has 11 heteroatoms. The summed E-state index contributed by atoms with van der Waals surface area (Å²) in [5.41, 5.74) is 3.94. The van der Waals surface area contributed by atoms with E-state index in [1.807, 2.05) is 38.1 Å². The zero-order chi connectivity index (χ0) is 30.7. The van der Waals surface area contributed by atoms with Gasteiger partial charge in [0.1, 0.15) is 16.4 Å². The number of hydrogen-bond donors (Lipinski definition) is 3. The van der Waals surface area contributed by atoms with Gasteiger partial charge in [-0.05, 0) is 80.1 Å². The van der Waals surface area contributed by atoms with Gasteiger partial charge < -0.3 is 20.7 Å². The van der Waals surface area contributed by atoms with E-state index in [4.69, 9.17) is 27.9 Å². The third kappa shape index (κ3) is 6.80. The largest absolute Gasteiger partial charge is 0.495 e. The molecule has 0 aromatic heterocycles. The number of carbonyl (C=O) groups is 3. The molecule has 4 aromatic carbocycles. The minimum Gasteiger partial charge on any atom is -0.495 e. The number of thioether (sulfide) groups is 1. The molecular weight excluding hydrogens is 607 g/mol. The first-order valence-corrected chi connectivity index (χ1v) is 14.6. The van der Waals surface area contributed by atoms with Crippen LogP contribution in [-0.4, -0.2) is 25.0 Å². The Hall–Kier alpha value is -4.44. The number of benzene rings is 4. The number of hydrogen-bond acceptors (Lipinski definition) is 6. The van der Waals surface area contributed by atoms with Gasteiger partial charge in [-0.2, -0.15) is 0 Å². The summed E-state index contributed by atoms with van der Waals surface area (Å²) in [5, 5.41) is 9.36. The fourth-order valence-corrected chi connectivity index (χ4v) is 5.77. The number of aryl methyl sites for hydroxylation is 2. The number of methoxy groups -OCH3 is 1. The molecule has 8 nitrogen and oxygen atoms in total. The first-order chi connectivity index (χ1) is 20.6. The molecule has 5 rings (SSSR count).